The molecule has 1 aliphatic heterocycles. The van der Waals surface area contributed by atoms with Crippen LogP contribution in [-0.4, -0.2) is 22.5 Å². The zero-order chi connectivity index (χ0) is 27.6. The SMILES string of the molecule is O=C(OCc1ccccc1)N1Cc2cccc(C=C3CCC(c4ccc([N+](=O)[O-])cc4F)CC3)c2C(F)(F)C1. The van der Waals surface area contributed by atoms with Gasteiger partial charge >= 0.3 is 6.09 Å². The van der Waals surface area contributed by atoms with Crippen LogP contribution in [0.2, 0.25) is 0 Å². The van der Waals surface area contributed by atoms with Gasteiger partial charge in [-0.05, 0) is 59.9 Å². The van der Waals surface area contributed by atoms with E-state index < -0.39 is 29.3 Å². The molecular weight excluding hydrogens is 509 g/mol. The van der Waals surface area contributed by atoms with Gasteiger partial charge in [-0.1, -0.05) is 60.2 Å². The molecule has 0 spiro atoms. The van der Waals surface area contributed by atoms with Crippen molar-refractivity contribution < 1.29 is 27.6 Å². The first-order valence-electron chi connectivity index (χ1n) is 12.8. The van der Waals surface area contributed by atoms with E-state index in [0.29, 0.717) is 42.4 Å². The summed E-state index contributed by atoms with van der Waals surface area (Å²) in [6.45, 7) is -0.738. The number of carbonyl (C=O) groups is 1. The molecule has 0 unspecified atom stereocenters. The number of carbonyl (C=O) groups excluding carboxylic acids is 1. The molecule has 1 saturated carbocycles. The number of nitro groups is 1. The van der Waals surface area contributed by atoms with Gasteiger partial charge in [-0.2, -0.15) is 8.78 Å². The number of benzene rings is 3. The molecule has 5 rings (SSSR count). The van der Waals surface area contributed by atoms with Crippen molar-refractivity contribution in [2.24, 2.45) is 0 Å². The van der Waals surface area contributed by atoms with Crippen molar-refractivity contribution in [3.05, 3.63) is 116 Å². The van der Waals surface area contributed by atoms with Gasteiger partial charge in [0.25, 0.3) is 11.6 Å². The van der Waals surface area contributed by atoms with Crippen LogP contribution in [0.5, 0.6) is 0 Å². The minimum absolute atomic E-state index is 0.00546. The summed E-state index contributed by atoms with van der Waals surface area (Å²) in [6.07, 6.45) is 3.45. The van der Waals surface area contributed by atoms with Crippen molar-refractivity contribution in [2.45, 2.75) is 50.7 Å². The summed E-state index contributed by atoms with van der Waals surface area (Å²) >= 11 is 0. The van der Waals surface area contributed by atoms with Gasteiger partial charge < -0.3 is 4.74 Å². The number of halogens is 3. The Morgan fingerprint density at radius 3 is 2.51 bits per heavy atom. The van der Waals surface area contributed by atoms with E-state index in [9.17, 15) is 19.3 Å². The molecule has 0 saturated heterocycles. The highest BCUT2D eigenvalue weighted by atomic mass is 19.3. The summed E-state index contributed by atoms with van der Waals surface area (Å²) in [5.41, 5.74) is 2.64. The Hall–Kier alpha value is -4.14. The predicted octanol–water partition coefficient (Wildman–Crippen LogP) is 7.72. The van der Waals surface area contributed by atoms with Crippen molar-refractivity contribution in [2.75, 3.05) is 6.54 Å². The van der Waals surface area contributed by atoms with Gasteiger partial charge in [0.15, 0.2) is 0 Å². The quantitative estimate of drug-likeness (QED) is 0.247. The molecule has 1 fully saturated rings. The second kappa shape index (κ2) is 10.9. The highest BCUT2D eigenvalue weighted by molar-refractivity contribution is 5.69. The standard InChI is InChI=1S/C30H27F3N2O4/c31-27-16-25(35(37)38)13-14-26(27)22-11-9-20(10-12-22)15-23-7-4-8-24-17-34(19-30(32,33)28(23)24)29(36)39-18-21-5-2-1-3-6-21/h1-8,13-16,22H,9-12,17-19H2. The first kappa shape index (κ1) is 26.5. The number of hydrogen-bond acceptors (Lipinski definition) is 4. The highest BCUT2D eigenvalue weighted by Crippen LogP contribution is 2.42. The lowest BCUT2D eigenvalue weighted by Gasteiger charge is -2.35. The average molecular weight is 537 g/mol. The Bertz CT molecular complexity index is 1410. The normalized spacial score (nSPS) is 18.3. The minimum atomic E-state index is -3.26. The van der Waals surface area contributed by atoms with Crippen molar-refractivity contribution in [1.82, 2.24) is 4.90 Å². The van der Waals surface area contributed by atoms with Crippen LogP contribution in [0.15, 0.2) is 72.3 Å². The third-order valence-corrected chi connectivity index (χ3v) is 7.38. The van der Waals surface area contributed by atoms with E-state index in [-0.39, 0.29) is 30.3 Å². The van der Waals surface area contributed by atoms with Crippen LogP contribution in [0, 0.1) is 15.9 Å². The van der Waals surface area contributed by atoms with Gasteiger partial charge in [0.2, 0.25) is 0 Å². The monoisotopic (exact) mass is 536 g/mol. The number of allylic oxidation sites excluding steroid dienone is 1. The maximum absolute atomic E-state index is 15.4. The summed E-state index contributed by atoms with van der Waals surface area (Å²) in [6, 6.07) is 17.7. The van der Waals surface area contributed by atoms with E-state index >= 15 is 8.78 Å². The number of amides is 1. The van der Waals surface area contributed by atoms with Crippen molar-refractivity contribution >= 4 is 17.9 Å². The fourth-order valence-electron chi connectivity index (χ4n) is 5.46. The van der Waals surface area contributed by atoms with E-state index in [1.165, 1.54) is 12.1 Å². The third-order valence-electron chi connectivity index (χ3n) is 7.38. The molecule has 1 heterocycles. The van der Waals surface area contributed by atoms with Gasteiger partial charge in [0.1, 0.15) is 12.4 Å². The first-order chi connectivity index (χ1) is 18.7. The molecule has 0 atom stereocenters. The van der Waals surface area contributed by atoms with E-state index in [2.05, 4.69) is 0 Å². The number of fused-ring (bicyclic) bond motifs is 1. The summed E-state index contributed by atoms with van der Waals surface area (Å²) < 4.78 is 50.6. The zero-order valence-electron chi connectivity index (χ0n) is 21.1. The van der Waals surface area contributed by atoms with E-state index in [1.54, 1.807) is 36.4 Å². The number of nitrogens with zero attached hydrogens (tertiary/aromatic N) is 2. The van der Waals surface area contributed by atoms with Crippen LogP contribution in [0.3, 0.4) is 0 Å². The molecule has 39 heavy (non-hydrogen) atoms. The average Bonchev–Trinajstić information content (AvgIpc) is 2.92. The lowest BCUT2D eigenvalue weighted by atomic mass is 9.80. The molecule has 0 aromatic heterocycles. The fourth-order valence-corrected chi connectivity index (χ4v) is 5.46. The number of rotatable bonds is 5. The van der Waals surface area contributed by atoms with Gasteiger partial charge in [0.05, 0.1) is 17.5 Å². The topological polar surface area (TPSA) is 72.7 Å². The number of hydrogen-bond donors (Lipinski definition) is 0. The second-order valence-corrected chi connectivity index (χ2v) is 10.0. The highest BCUT2D eigenvalue weighted by Gasteiger charge is 2.43. The summed E-state index contributed by atoms with van der Waals surface area (Å²) in [7, 11) is 0. The molecule has 3 aromatic rings. The van der Waals surface area contributed by atoms with Crippen LogP contribution in [0.1, 0.15) is 59.4 Å². The van der Waals surface area contributed by atoms with E-state index in [4.69, 9.17) is 4.74 Å². The summed E-state index contributed by atoms with van der Waals surface area (Å²) in [5, 5.41) is 10.9. The molecule has 6 nitrogen and oxygen atoms in total. The van der Waals surface area contributed by atoms with Crippen LogP contribution in [0.4, 0.5) is 23.7 Å². The number of alkyl halides is 2. The Kier molecular flexibility index (Phi) is 7.41. The molecule has 2 aliphatic rings. The number of ether oxygens (including phenoxy) is 1. The van der Waals surface area contributed by atoms with Gasteiger partial charge in [-0.25, -0.2) is 9.18 Å². The van der Waals surface area contributed by atoms with Crippen LogP contribution in [0.25, 0.3) is 6.08 Å². The molecule has 9 heteroatoms. The Morgan fingerprint density at radius 1 is 1.08 bits per heavy atom. The Balaban J connectivity index is 1.28. The fraction of sp³-hybridized carbons (Fsp3) is 0.300. The van der Waals surface area contributed by atoms with Crippen molar-refractivity contribution in [3.8, 4) is 0 Å². The van der Waals surface area contributed by atoms with Crippen LogP contribution < -0.4 is 0 Å². The van der Waals surface area contributed by atoms with Gasteiger partial charge in [-0.3, -0.25) is 15.0 Å². The Morgan fingerprint density at radius 2 is 1.82 bits per heavy atom. The largest absolute Gasteiger partial charge is 0.445 e. The molecule has 3 aromatic carbocycles. The van der Waals surface area contributed by atoms with Gasteiger partial charge in [0, 0.05) is 18.2 Å². The zero-order valence-corrected chi connectivity index (χ0v) is 21.1. The molecular formula is C30H27F3N2O4. The molecule has 0 bridgehead atoms. The minimum Gasteiger partial charge on any atom is -0.445 e. The smallest absolute Gasteiger partial charge is 0.410 e. The van der Waals surface area contributed by atoms with Crippen LogP contribution >= 0.6 is 0 Å². The lowest BCUT2D eigenvalue weighted by Crippen LogP contribution is -2.44. The maximum Gasteiger partial charge on any atom is 0.410 e. The summed E-state index contributed by atoms with van der Waals surface area (Å²) in [5.74, 6) is -3.94. The molecule has 0 radical (unpaired) electrons. The third kappa shape index (κ3) is 5.82. The maximum atomic E-state index is 15.4. The van der Waals surface area contributed by atoms with Crippen molar-refractivity contribution in [3.63, 3.8) is 0 Å². The molecule has 202 valence electrons. The lowest BCUT2D eigenvalue weighted by molar-refractivity contribution is -0.385. The second-order valence-electron chi connectivity index (χ2n) is 10.0. The van der Waals surface area contributed by atoms with Crippen molar-refractivity contribution in [1.29, 1.82) is 0 Å². The predicted molar refractivity (Wildman–Crippen MR) is 140 cm³/mol. The molecule has 0 N–H and O–H groups in total. The van der Waals surface area contributed by atoms with E-state index in [0.717, 1.165) is 22.1 Å². The van der Waals surface area contributed by atoms with Crippen LogP contribution in [-0.2, 0) is 23.8 Å². The first-order valence-corrected chi connectivity index (χ1v) is 12.8. The summed E-state index contributed by atoms with van der Waals surface area (Å²) in [4.78, 5) is 23.9. The Labute approximate surface area is 223 Å². The van der Waals surface area contributed by atoms with Gasteiger partial charge in [-0.15, -0.1) is 0 Å². The number of nitro benzene ring substituents is 1. The van der Waals surface area contributed by atoms with E-state index in [1.807, 2.05) is 18.2 Å². The molecule has 1 aliphatic carbocycles. The number of non-ortho nitro benzene ring substituents is 1. The molecule has 1 amide bonds.